The van der Waals surface area contributed by atoms with Crippen molar-refractivity contribution in [2.24, 2.45) is 5.92 Å². The van der Waals surface area contributed by atoms with Gasteiger partial charge in [0, 0.05) is 12.2 Å². The van der Waals surface area contributed by atoms with Crippen LogP contribution < -0.4 is 10.2 Å². The molecule has 4 rings (SSSR count). The van der Waals surface area contributed by atoms with Crippen LogP contribution in [0.4, 0.5) is 11.4 Å². The van der Waals surface area contributed by atoms with Crippen LogP contribution in [0, 0.1) is 5.92 Å². The first-order valence-electron chi connectivity index (χ1n) is 9.59. The number of esters is 1. The standard InChI is InChI=1S/C22H24N2O3S/c1-13(2)12-24-19-9-7-16(11-20(19)28-22(24)26)23-18-8-6-15(14-4-5-14)10-17(18)21(25)27-3/h6-11,13-14,23H,4-5,12H2,1-3H3. The predicted molar refractivity (Wildman–Crippen MR) is 114 cm³/mol. The summed E-state index contributed by atoms with van der Waals surface area (Å²) in [7, 11) is 1.40. The Morgan fingerprint density at radius 2 is 2.04 bits per heavy atom. The molecule has 1 heterocycles. The molecule has 0 saturated heterocycles. The van der Waals surface area contributed by atoms with Crippen LogP contribution in [0.2, 0.25) is 0 Å². The summed E-state index contributed by atoms with van der Waals surface area (Å²) < 4.78 is 7.74. The molecule has 0 radical (unpaired) electrons. The van der Waals surface area contributed by atoms with Gasteiger partial charge in [-0.25, -0.2) is 4.79 Å². The minimum Gasteiger partial charge on any atom is -0.465 e. The number of nitrogens with one attached hydrogen (secondary N) is 1. The van der Waals surface area contributed by atoms with Gasteiger partial charge in [-0.1, -0.05) is 31.3 Å². The van der Waals surface area contributed by atoms with Gasteiger partial charge < -0.3 is 10.1 Å². The van der Waals surface area contributed by atoms with Crippen LogP contribution in [0.15, 0.2) is 41.2 Å². The van der Waals surface area contributed by atoms with Gasteiger partial charge >= 0.3 is 10.8 Å². The number of benzene rings is 2. The van der Waals surface area contributed by atoms with Crippen molar-refractivity contribution in [2.75, 3.05) is 12.4 Å². The number of carbonyl (C=O) groups excluding carboxylic acids is 1. The lowest BCUT2D eigenvalue weighted by Gasteiger charge is -2.13. The summed E-state index contributed by atoms with van der Waals surface area (Å²) in [4.78, 5) is 24.7. The second-order valence-electron chi connectivity index (χ2n) is 7.75. The smallest absolute Gasteiger partial charge is 0.339 e. The van der Waals surface area contributed by atoms with E-state index in [4.69, 9.17) is 4.74 Å². The Labute approximate surface area is 168 Å². The highest BCUT2D eigenvalue weighted by atomic mass is 32.1. The SMILES string of the molecule is COC(=O)c1cc(C2CC2)ccc1Nc1ccc2c(c1)sc(=O)n2CC(C)C. The van der Waals surface area contributed by atoms with Crippen molar-refractivity contribution in [1.82, 2.24) is 4.57 Å². The Hall–Kier alpha value is -2.60. The summed E-state index contributed by atoms with van der Waals surface area (Å²) >= 11 is 1.25. The fourth-order valence-corrected chi connectivity index (χ4v) is 4.40. The Kier molecular flexibility index (Phi) is 4.98. The first-order valence-corrected chi connectivity index (χ1v) is 10.4. The number of fused-ring (bicyclic) bond motifs is 1. The summed E-state index contributed by atoms with van der Waals surface area (Å²) in [5, 5.41) is 3.33. The predicted octanol–water partition coefficient (Wildman–Crippen LogP) is 5.13. The average Bonchev–Trinajstić information content (AvgIpc) is 3.47. The largest absolute Gasteiger partial charge is 0.465 e. The third-order valence-electron chi connectivity index (χ3n) is 4.99. The van der Waals surface area contributed by atoms with Crippen LogP contribution in [0.1, 0.15) is 48.5 Å². The van der Waals surface area contributed by atoms with Gasteiger partial charge in [0.15, 0.2) is 0 Å². The van der Waals surface area contributed by atoms with E-state index in [1.54, 1.807) is 0 Å². The van der Waals surface area contributed by atoms with Gasteiger partial charge in [-0.3, -0.25) is 9.36 Å². The summed E-state index contributed by atoms with van der Waals surface area (Å²) in [5.74, 6) is 0.617. The van der Waals surface area contributed by atoms with Crippen molar-refractivity contribution in [3.8, 4) is 0 Å². The van der Waals surface area contributed by atoms with Crippen LogP contribution in [0.25, 0.3) is 10.2 Å². The number of methoxy groups -OCH3 is 1. The molecular formula is C22H24N2O3S. The van der Waals surface area contributed by atoms with E-state index in [9.17, 15) is 9.59 Å². The molecule has 0 unspecified atom stereocenters. The molecule has 0 aliphatic heterocycles. The molecule has 6 heteroatoms. The zero-order valence-electron chi connectivity index (χ0n) is 16.3. The second-order valence-corrected chi connectivity index (χ2v) is 8.74. The molecule has 1 aliphatic carbocycles. The van der Waals surface area contributed by atoms with E-state index < -0.39 is 0 Å². The number of aromatic nitrogens is 1. The van der Waals surface area contributed by atoms with Gasteiger partial charge in [0.25, 0.3) is 0 Å². The van der Waals surface area contributed by atoms with E-state index in [1.807, 2.05) is 34.9 Å². The zero-order chi connectivity index (χ0) is 19.8. The molecule has 3 aromatic rings. The number of ether oxygens (including phenoxy) is 1. The van der Waals surface area contributed by atoms with Crippen LogP contribution in [-0.2, 0) is 11.3 Å². The van der Waals surface area contributed by atoms with Gasteiger partial charge in [-0.15, -0.1) is 0 Å². The van der Waals surface area contributed by atoms with Gasteiger partial charge in [0.2, 0.25) is 0 Å². The van der Waals surface area contributed by atoms with Crippen molar-refractivity contribution in [3.05, 3.63) is 57.2 Å². The third-order valence-corrected chi connectivity index (χ3v) is 5.93. The summed E-state index contributed by atoms with van der Waals surface area (Å²) in [6.45, 7) is 4.91. The van der Waals surface area contributed by atoms with E-state index in [0.29, 0.717) is 29.6 Å². The van der Waals surface area contributed by atoms with Gasteiger partial charge in [-0.05, 0) is 60.6 Å². The van der Waals surface area contributed by atoms with Crippen LogP contribution in [0.5, 0.6) is 0 Å². The highest BCUT2D eigenvalue weighted by molar-refractivity contribution is 7.16. The molecule has 2 aromatic carbocycles. The fourth-order valence-electron chi connectivity index (χ4n) is 3.46. The molecule has 1 aromatic heterocycles. The fraction of sp³-hybridized carbons (Fsp3) is 0.364. The maximum Gasteiger partial charge on any atom is 0.339 e. The molecule has 5 nitrogen and oxygen atoms in total. The molecule has 28 heavy (non-hydrogen) atoms. The molecule has 1 saturated carbocycles. The molecule has 1 fully saturated rings. The summed E-state index contributed by atoms with van der Waals surface area (Å²) in [6, 6.07) is 11.8. The van der Waals surface area contributed by atoms with Crippen molar-refractivity contribution in [1.29, 1.82) is 0 Å². The topological polar surface area (TPSA) is 60.3 Å². The van der Waals surface area contributed by atoms with E-state index in [1.165, 1.54) is 36.9 Å². The van der Waals surface area contributed by atoms with E-state index >= 15 is 0 Å². The molecule has 0 bridgehead atoms. The Morgan fingerprint density at radius 3 is 2.71 bits per heavy atom. The Balaban J connectivity index is 1.68. The maximum absolute atomic E-state index is 12.3. The van der Waals surface area contributed by atoms with E-state index in [0.717, 1.165) is 15.9 Å². The Bertz CT molecular complexity index is 1090. The molecule has 146 valence electrons. The summed E-state index contributed by atoms with van der Waals surface area (Å²) in [5.41, 5.74) is 4.23. The maximum atomic E-state index is 12.3. The molecule has 1 aliphatic rings. The van der Waals surface area contributed by atoms with Crippen molar-refractivity contribution in [2.45, 2.75) is 39.2 Å². The minimum absolute atomic E-state index is 0.0601. The van der Waals surface area contributed by atoms with Crippen LogP contribution in [-0.4, -0.2) is 17.6 Å². The number of anilines is 2. The van der Waals surface area contributed by atoms with Gasteiger partial charge in [-0.2, -0.15) is 0 Å². The molecule has 0 amide bonds. The first kappa shape index (κ1) is 18.7. The quantitative estimate of drug-likeness (QED) is 0.587. The lowest BCUT2D eigenvalue weighted by molar-refractivity contribution is 0.0602. The van der Waals surface area contributed by atoms with Crippen molar-refractivity contribution >= 4 is 38.9 Å². The van der Waals surface area contributed by atoms with E-state index in [-0.39, 0.29) is 10.8 Å². The molecule has 1 N–H and O–H groups in total. The minimum atomic E-state index is -0.348. The first-order chi connectivity index (χ1) is 13.5. The highest BCUT2D eigenvalue weighted by Crippen LogP contribution is 2.41. The number of carbonyl (C=O) groups is 1. The summed E-state index contributed by atoms with van der Waals surface area (Å²) in [6.07, 6.45) is 2.35. The Morgan fingerprint density at radius 1 is 1.25 bits per heavy atom. The molecular weight excluding hydrogens is 372 g/mol. The van der Waals surface area contributed by atoms with Gasteiger partial charge in [0.05, 0.1) is 28.6 Å². The third kappa shape index (κ3) is 3.69. The van der Waals surface area contributed by atoms with Gasteiger partial charge in [0.1, 0.15) is 0 Å². The van der Waals surface area contributed by atoms with Crippen molar-refractivity contribution in [3.63, 3.8) is 0 Å². The second kappa shape index (κ2) is 7.43. The number of thiazole rings is 1. The normalized spacial score (nSPS) is 13.9. The average molecular weight is 397 g/mol. The lowest BCUT2D eigenvalue weighted by atomic mass is 10.0. The molecule has 0 spiro atoms. The number of nitrogens with zero attached hydrogens (tertiary/aromatic N) is 1. The van der Waals surface area contributed by atoms with Crippen LogP contribution >= 0.6 is 11.3 Å². The van der Waals surface area contributed by atoms with Crippen LogP contribution in [0.3, 0.4) is 0 Å². The lowest BCUT2D eigenvalue weighted by Crippen LogP contribution is -2.15. The monoisotopic (exact) mass is 396 g/mol. The number of hydrogen-bond acceptors (Lipinski definition) is 5. The van der Waals surface area contributed by atoms with E-state index in [2.05, 4.69) is 25.2 Å². The molecule has 0 atom stereocenters. The highest BCUT2D eigenvalue weighted by Gasteiger charge is 2.25. The van der Waals surface area contributed by atoms with Crippen molar-refractivity contribution < 1.29 is 9.53 Å². The zero-order valence-corrected chi connectivity index (χ0v) is 17.1. The number of hydrogen-bond donors (Lipinski definition) is 1. The number of rotatable bonds is 6.